The number of para-hydroxylation sites is 1. The lowest BCUT2D eigenvalue weighted by molar-refractivity contribution is -0.120. The predicted molar refractivity (Wildman–Crippen MR) is 91.9 cm³/mol. The second-order valence-corrected chi connectivity index (χ2v) is 4.80. The molecule has 2 rings (SSSR count). The Morgan fingerprint density at radius 2 is 2.16 bits per heavy atom. The highest BCUT2D eigenvalue weighted by atomic mass is 16.5. The standard InChI is InChI=1S/C15H18N6O4/c1-2-25-11-6-4-3-5-10(11)9-17-19-12(22)7-8-16-13-14(23)18-15(24)21-20-13/h3-6,9H,2,7-8H2,1H3,(H,16,20)(H,19,22)(H2,18,21,23,24)/b17-9+. The van der Waals surface area contributed by atoms with E-state index < -0.39 is 11.2 Å². The maximum atomic E-state index is 11.7. The van der Waals surface area contributed by atoms with E-state index in [4.69, 9.17) is 4.74 Å². The van der Waals surface area contributed by atoms with Gasteiger partial charge in [-0.15, -0.1) is 5.10 Å². The summed E-state index contributed by atoms with van der Waals surface area (Å²) in [5, 5.41) is 12.1. The largest absolute Gasteiger partial charge is 0.493 e. The molecule has 1 amide bonds. The van der Waals surface area contributed by atoms with E-state index in [2.05, 4.69) is 26.0 Å². The van der Waals surface area contributed by atoms with Gasteiger partial charge in [0.2, 0.25) is 11.7 Å². The van der Waals surface area contributed by atoms with Crippen molar-refractivity contribution in [2.24, 2.45) is 5.10 Å². The number of H-pyrrole nitrogens is 2. The van der Waals surface area contributed by atoms with Crippen molar-refractivity contribution < 1.29 is 9.53 Å². The summed E-state index contributed by atoms with van der Waals surface area (Å²) in [5.41, 5.74) is 1.77. The predicted octanol–water partition coefficient (Wildman–Crippen LogP) is -0.191. The van der Waals surface area contributed by atoms with Crippen molar-refractivity contribution in [1.82, 2.24) is 20.6 Å². The van der Waals surface area contributed by atoms with Crippen molar-refractivity contribution in [3.05, 3.63) is 50.7 Å². The molecule has 132 valence electrons. The van der Waals surface area contributed by atoms with Crippen molar-refractivity contribution in [1.29, 1.82) is 0 Å². The zero-order valence-electron chi connectivity index (χ0n) is 13.5. The molecule has 0 fully saturated rings. The van der Waals surface area contributed by atoms with Crippen LogP contribution in [0.3, 0.4) is 0 Å². The number of hydrogen-bond acceptors (Lipinski definition) is 7. The molecule has 0 radical (unpaired) electrons. The number of rotatable bonds is 8. The molecule has 0 unspecified atom stereocenters. The van der Waals surface area contributed by atoms with E-state index in [-0.39, 0.29) is 24.7 Å². The van der Waals surface area contributed by atoms with Crippen LogP contribution in [0.4, 0.5) is 5.82 Å². The summed E-state index contributed by atoms with van der Waals surface area (Å²) in [5.74, 6) is 0.257. The molecule has 0 bridgehead atoms. The molecule has 25 heavy (non-hydrogen) atoms. The normalized spacial score (nSPS) is 10.6. The van der Waals surface area contributed by atoms with Gasteiger partial charge < -0.3 is 10.1 Å². The summed E-state index contributed by atoms with van der Waals surface area (Å²) >= 11 is 0. The molecule has 10 heteroatoms. The zero-order chi connectivity index (χ0) is 18.1. The Morgan fingerprint density at radius 1 is 1.36 bits per heavy atom. The van der Waals surface area contributed by atoms with Gasteiger partial charge in [-0.05, 0) is 19.1 Å². The fourth-order valence-electron chi connectivity index (χ4n) is 1.87. The van der Waals surface area contributed by atoms with Crippen molar-refractivity contribution in [3.63, 3.8) is 0 Å². The minimum atomic E-state index is -0.699. The van der Waals surface area contributed by atoms with E-state index in [9.17, 15) is 14.4 Å². The molecule has 0 saturated carbocycles. The molecule has 2 aromatic rings. The molecule has 1 aromatic carbocycles. The summed E-state index contributed by atoms with van der Waals surface area (Å²) in [6.07, 6.45) is 1.55. The summed E-state index contributed by atoms with van der Waals surface area (Å²) in [4.78, 5) is 36.0. The number of aromatic amines is 2. The minimum Gasteiger partial charge on any atom is -0.493 e. The van der Waals surface area contributed by atoms with Gasteiger partial charge in [0.05, 0.1) is 12.8 Å². The van der Waals surface area contributed by atoms with Crippen LogP contribution in [0.5, 0.6) is 5.75 Å². The van der Waals surface area contributed by atoms with E-state index in [0.29, 0.717) is 12.4 Å². The van der Waals surface area contributed by atoms with Crippen molar-refractivity contribution >= 4 is 17.9 Å². The van der Waals surface area contributed by atoms with Gasteiger partial charge in [0.25, 0.3) is 5.56 Å². The molecule has 4 N–H and O–H groups in total. The molecule has 0 atom stereocenters. The number of nitrogens with zero attached hydrogens (tertiary/aromatic N) is 2. The van der Waals surface area contributed by atoms with Gasteiger partial charge in [0, 0.05) is 18.5 Å². The number of amides is 1. The maximum absolute atomic E-state index is 11.7. The average molecular weight is 346 g/mol. The van der Waals surface area contributed by atoms with Crippen LogP contribution >= 0.6 is 0 Å². The molecule has 0 aliphatic carbocycles. The van der Waals surface area contributed by atoms with Crippen LogP contribution in [0.15, 0.2) is 39.0 Å². The van der Waals surface area contributed by atoms with Crippen molar-refractivity contribution in [2.45, 2.75) is 13.3 Å². The molecule has 0 saturated heterocycles. The molecule has 0 aliphatic heterocycles. The van der Waals surface area contributed by atoms with Gasteiger partial charge in [-0.2, -0.15) is 5.10 Å². The second kappa shape index (κ2) is 9.01. The highest BCUT2D eigenvalue weighted by Gasteiger charge is 2.04. The number of benzene rings is 1. The number of ether oxygens (including phenoxy) is 1. The summed E-state index contributed by atoms with van der Waals surface area (Å²) in [6, 6.07) is 7.31. The van der Waals surface area contributed by atoms with Crippen LogP contribution in [-0.2, 0) is 4.79 Å². The fourth-order valence-corrected chi connectivity index (χ4v) is 1.87. The van der Waals surface area contributed by atoms with Gasteiger partial charge in [-0.3, -0.25) is 14.6 Å². The van der Waals surface area contributed by atoms with E-state index in [1.54, 1.807) is 0 Å². The van der Waals surface area contributed by atoms with Crippen molar-refractivity contribution in [2.75, 3.05) is 18.5 Å². The Bertz CT molecular complexity index is 857. The van der Waals surface area contributed by atoms with Gasteiger partial charge >= 0.3 is 5.69 Å². The quantitative estimate of drug-likeness (QED) is 0.385. The summed E-state index contributed by atoms with van der Waals surface area (Å²) in [6.45, 7) is 2.56. The molecular weight excluding hydrogens is 328 g/mol. The Morgan fingerprint density at radius 3 is 2.92 bits per heavy atom. The maximum Gasteiger partial charge on any atom is 0.342 e. The Balaban J connectivity index is 1.81. The molecule has 1 heterocycles. The lowest BCUT2D eigenvalue weighted by Gasteiger charge is -2.06. The van der Waals surface area contributed by atoms with Crippen LogP contribution in [-0.4, -0.2) is 40.5 Å². The first-order chi connectivity index (χ1) is 12.1. The van der Waals surface area contributed by atoms with Gasteiger partial charge in [-0.25, -0.2) is 15.3 Å². The Labute approximate surface area is 142 Å². The van der Waals surface area contributed by atoms with Crippen LogP contribution in [0.1, 0.15) is 18.9 Å². The number of nitrogens with one attached hydrogen (secondary N) is 4. The molecule has 0 spiro atoms. The van der Waals surface area contributed by atoms with E-state index >= 15 is 0 Å². The van der Waals surface area contributed by atoms with Crippen molar-refractivity contribution in [3.8, 4) is 5.75 Å². The SMILES string of the molecule is CCOc1ccccc1/C=N/NC(=O)CCNc1n[nH]c(=O)[nH]c1=O. The third-order valence-corrected chi connectivity index (χ3v) is 2.97. The smallest absolute Gasteiger partial charge is 0.342 e. The van der Waals surface area contributed by atoms with Gasteiger partial charge in [0.1, 0.15) is 5.75 Å². The van der Waals surface area contributed by atoms with E-state index in [1.165, 1.54) is 6.21 Å². The Kier molecular flexibility index (Phi) is 6.46. The van der Waals surface area contributed by atoms with E-state index in [0.717, 1.165) is 5.56 Å². The summed E-state index contributed by atoms with van der Waals surface area (Å²) < 4.78 is 5.45. The minimum absolute atomic E-state index is 0.0602. The number of carbonyl (C=O) groups excluding carboxylic acids is 1. The number of hydrazone groups is 1. The zero-order valence-corrected chi connectivity index (χ0v) is 13.5. The topological polar surface area (TPSA) is 141 Å². The van der Waals surface area contributed by atoms with Crippen LogP contribution < -0.4 is 26.7 Å². The fraction of sp³-hybridized carbons (Fsp3) is 0.267. The number of aromatic nitrogens is 3. The van der Waals surface area contributed by atoms with E-state index in [1.807, 2.05) is 36.2 Å². The first-order valence-electron chi connectivity index (χ1n) is 7.56. The molecule has 10 nitrogen and oxygen atoms in total. The van der Waals surface area contributed by atoms with Gasteiger partial charge in [0.15, 0.2) is 0 Å². The lowest BCUT2D eigenvalue weighted by Crippen LogP contribution is -2.28. The van der Waals surface area contributed by atoms with Crippen LogP contribution in [0.2, 0.25) is 0 Å². The highest BCUT2D eigenvalue weighted by molar-refractivity contribution is 5.85. The first-order valence-corrected chi connectivity index (χ1v) is 7.56. The van der Waals surface area contributed by atoms with Crippen LogP contribution in [0.25, 0.3) is 0 Å². The molecule has 0 aliphatic rings. The average Bonchev–Trinajstić information content (AvgIpc) is 2.58. The second-order valence-electron chi connectivity index (χ2n) is 4.80. The summed E-state index contributed by atoms with van der Waals surface area (Å²) in [7, 11) is 0. The lowest BCUT2D eigenvalue weighted by atomic mass is 10.2. The number of hydrogen-bond donors (Lipinski definition) is 4. The third-order valence-electron chi connectivity index (χ3n) is 2.97. The number of anilines is 1. The Hall–Kier alpha value is -3.43. The van der Waals surface area contributed by atoms with Gasteiger partial charge in [-0.1, -0.05) is 12.1 Å². The monoisotopic (exact) mass is 346 g/mol. The first kappa shape index (κ1) is 17.9. The number of carbonyl (C=O) groups is 1. The molecule has 1 aromatic heterocycles. The highest BCUT2D eigenvalue weighted by Crippen LogP contribution is 2.15. The molecular formula is C15H18N6O4. The third kappa shape index (κ3) is 5.61. The van der Waals surface area contributed by atoms with Crippen LogP contribution in [0, 0.1) is 0 Å².